The van der Waals surface area contributed by atoms with E-state index >= 15 is 0 Å². The molecule has 0 radical (unpaired) electrons. The zero-order valence-corrected chi connectivity index (χ0v) is 18.5. The van der Waals surface area contributed by atoms with Gasteiger partial charge in [0.2, 0.25) is 0 Å². The summed E-state index contributed by atoms with van der Waals surface area (Å²) < 4.78 is 0. The van der Waals surface area contributed by atoms with E-state index in [4.69, 9.17) is 5.73 Å². The number of anilines is 2. The lowest BCUT2D eigenvalue weighted by Gasteiger charge is -2.20. The van der Waals surface area contributed by atoms with Gasteiger partial charge in [-0.3, -0.25) is 9.59 Å². The minimum absolute atomic E-state index is 0.0118. The highest BCUT2D eigenvalue weighted by atomic mass is 16.2. The van der Waals surface area contributed by atoms with E-state index in [1.807, 2.05) is 47.5 Å². The molecule has 0 bridgehead atoms. The summed E-state index contributed by atoms with van der Waals surface area (Å²) in [6.07, 6.45) is 4.30. The highest BCUT2D eigenvalue weighted by Gasteiger charge is 2.18. The topological polar surface area (TPSA) is 129 Å². The lowest BCUT2D eigenvalue weighted by atomic mass is 10.1. The number of amides is 2. The second kappa shape index (κ2) is 9.32. The number of carbonyl (C=O) groups excluding carboxylic acids is 2. The smallest absolute Gasteiger partial charge is 0.278 e. The minimum Gasteiger partial charge on any atom is -0.382 e. The first-order chi connectivity index (χ1) is 16.6. The zero-order valence-electron chi connectivity index (χ0n) is 18.5. The van der Waals surface area contributed by atoms with E-state index in [0.717, 1.165) is 42.5 Å². The van der Waals surface area contributed by atoms with E-state index in [1.54, 1.807) is 12.1 Å². The van der Waals surface area contributed by atoms with Crippen molar-refractivity contribution in [2.75, 3.05) is 37.2 Å². The monoisotopic (exact) mass is 455 g/mol. The largest absolute Gasteiger partial charge is 0.382 e. The molecule has 0 saturated carbocycles. The first kappa shape index (κ1) is 21.6. The third kappa shape index (κ3) is 4.46. The zero-order chi connectivity index (χ0) is 23.5. The fraction of sp³-hybridized carbons (Fsp3) is 0.200. The van der Waals surface area contributed by atoms with Gasteiger partial charge in [-0.15, -0.1) is 0 Å². The molecule has 0 aliphatic carbocycles. The van der Waals surface area contributed by atoms with Gasteiger partial charge in [-0.2, -0.15) is 0 Å². The van der Waals surface area contributed by atoms with E-state index < -0.39 is 5.91 Å². The van der Waals surface area contributed by atoms with E-state index in [1.165, 1.54) is 6.20 Å². The molecule has 172 valence electrons. The summed E-state index contributed by atoms with van der Waals surface area (Å²) in [5.41, 5.74) is 9.39. The van der Waals surface area contributed by atoms with Crippen LogP contribution in [0.1, 0.15) is 27.3 Å². The van der Waals surface area contributed by atoms with Crippen LogP contribution in [0, 0.1) is 0 Å². The maximum atomic E-state index is 12.9. The number of rotatable bonds is 4. The Labute approximate surface area is 196 Å². The van der Waals surface area contributed by atoms with Crippen LogP contribution in [0.15, 0.2) is 60.9 Å². The Hall–Kier alpha value is -4.24. The molecule has 3 heterocycles. The van der Waals surface area contributed by atoms with Crippen LogP contribution in [-0.4, -0.2) is 57.8 Å². The molecule has 1 aliphatic rings. The van der Waals surface area contributed by atoms with Crippen LogP contribution in [0.3, 0.4) is 0 Å². The lowest BCUT2D eigenvalue weighted by molar-refractivity contribution is 0.0766. The summed E-state index contributed by atoms with van der Waals surface area (Å²) in [4.78, 5) is 39.3. The van der Waals surface area contributed by atoms with Gasteiger partial charge in [0.05, 0.1) is 11.9 Å². The molecule has 9 nitrogen and oxygen atoms in total. The van der Waals surface area contributed by atoms with Crippen LogP contribution < -0.4 is 16.4 Å². The Morgan fingerprint density at radius 2 is 1.88 bits per heavy atom. The minimum atomic E-state index is -0.445. The number of nitrogen functional groups attached to an aromatic ring is 1. The van der Waals surface area contributed by atoms with E-state index in [9.17, 15) is 9.59 Å². The standard InChI is InChI=1S/C25H25N7O2/c26-23-22(24(33)30-19-7-6-17-8-10-28-20(17)14-19)31-21(15-29-23)16-2-4-18(5-3-16)25(34)32-12-1-9-27-11-13-32/h2-8,10,14-15,27-28H,1,9,11-13H2,(H2,26,29)(H,30,33). The molecule has 9 heteroatoms. The van der Waals surface area contributed by atoms with Crippen molar-refractivity contribution in [3.63, 3.8) is 0 Å². The Morgan fingerprint density at radius 3 is 2.74 bits per heavy atom. The lowest BCUT2D eigenvalue weighted by Crippen LogP contribution is -2.34. The molecule has 5 N–H and O–H groups in total. The van der Waals surface area contributed by atoms with Crippen molar-refractivity contribution in [3.8, 4) is 11.3 Å². The quantitative estimate of drug-likeness (QED) is 0.375. The summed E-state index contributed by atoms with van der Waals surface area (Å²) in [6.45, 7) is 3.16. The molecule has 4 aromatic rings. The van der Waals surface area contributed by atoms with Crippen LogP contribution in [0.4, 0.5) is 11.5 Å². The number of nitrogens with zero attached hydrogens (tertiary/aromatic N) is 3. The molecule has 0 atom stereocenters. The number of nitrogens with two attached hydrogens (primary N) is 1. The maximum absolute atomic E-state index is 12.9. The average Bonchev–Trinajstić information content (AvgIpc) is 3.15. The third-order valence-corrected chi connectivity index (χ3v) is 5.88. The van der Waals surface area contributed by atoms with Crippen molar-refractivity contribution >= 4 is 34.2 Å². The fourth-order valence-corrected chi connectivity index (χ4v) is 4.04. The van der Waals surface area contributed by atoms with Crippen LogP contribution in [0.25, 0.3) is 22.2 Å². The van der Waals surface area contributed by atoms with Crippen molar-refractivity contribution in [1.82, 2.24) is 25.2 Å². The van der Waals surface area contributed by atoms with Gasteiger partial charge in [-0.1, -0.05) is 18.2 Å². The van der Waals surface area contributed by atoms with Crippen LogP contribution in [-0.2, 0) is 0 Å². The number of benzene rings is 2. The number of H-pyrrole nitrogens is 1. The van der Waals surface area contributed by atoms with Gasteiger partial charge in [0.25, 0.3) is 11.8 Å². The van der Waals surface area contributed by atoms with Crippen molar-refractivity contribution in [1.29, 1.82) is 0 Å². The molecule has 34 heavy (non-hydrogen) atoms. The average molecular weight is 456 g/mol. The number of hydrogen-bond acceptors (Lipinski definition) is 6. The third-order valence-electron chi connectivity index (χ3n) is 5.88. The Bertz CT molecular complexity index is 1340. The SMILES string of the molecule is Nc1ncc(-c2ccc(C(=O)N3CCCNCC3)cc2)nc1C(=O)Nc1ccc2cc[nH]c2c1. The van der Waals surface area contributed by atoms with Crippen LogP contribution >= 0.6 is 0 Å². The normalized spacial score (nSPS) is 14.1. The van der Waals surface area contributed by atoms with Gasteiger partial charge >= 0.3 is 0 Å². The number of hydrogen-bond donors (Lipinski definition) is 4. The van der Waals surface area contributed by atoms with Gasteiger partial charge in [0.1, 0.15) is 0 Å². The van der Waals surface area contributed by atoms with Gasteiger partial charge in [0.15, 0.2) is 11.5 Å². The van der Waals surface area contributed by atoms with Crippen LogP contribution in [0.5, 0.6) is 0 Å². The first-order valence-electron chi connectivity index (χ1n) is 11.2. The molecule has 1 aliphatic heterocycles. The predicted octanol–water partition coefficient (Wildman–Crippen LogP) is 2.89. The highest BCUT2D eigenvalue weighted by Crippen LogP contribution is 2.22. The summed E-state index contributed by atoms with van der Waals surface area (Å²) >= 11 is 0. The van der Waals surface area contributed by atoms with Gasteiger partial charge in [-0.25, -0.2) is 9.97 Å². The Balaban J connectivity index is 1.34. The summed E-state index contributed by atoms with van der Waals surface area (Å²) in [6, 6.07) is 14.7. The van der Waals surface area contributed by atoms with Crippen molar-refractivity contribution < 1.29 is 9.59 Å². The van der Waals surface area contributed by atoms with Crippen LogP contribution in [0.2, 0.25) is 0 Å². The Kier molecular flexibility index (Phi) is 5.92. The molecule has 5 rings (SSSR count). The Morgan fingerprint density at radius 1 is 1.03 bits per heavy atom. The molecule has 0 spiro atoms. The molecule has 0 unspecified atom stereocenters. The fourth-order valence-electron chi connectivity index (χ4n) is 4.04. The molecule has 1 fully saturated rings. The number of aromatic amines is 1. The van der Waals surface area contributed by atoms with Crippen molar-refractivity contribution in [2.24, 2.45) is 0 Å². The first-order valence-corrected chi connectivity index (χ1v) is 11.2. The summed E-state index contributed by atoms with van der Waals surface area (Å²) in [5.74, 6) is -0.388. The molecule has 1 saturated heterocycles. The number of carbonyl (C=O) groups is 2. The molecule has 2 aromatic heterocycles. The molecular formula is C25H25N7O2. The van der Waals surface area contributed by atoms with Gasteiger partial charge in [0, 0.05) is 48.2 Å². The summed E-state index contributed by atoms with van der Waals surface area (Å²) in [7, 11) is 0. The summed E-state index contributed by atoms with van der Waals surface area (Å²) in [5, 5.41) is 7.18. The van der Waals surface area contributed by atoms with E-state index in [2.05, 4.69) is 25.6 Å². The molecule has 2 amide bonds. The van der Waals surface area contributed by atoms with Crippen molar-refractivity contribution in [3.05, 3.63) is 72.2 Å². The second-order valence-electron chi connectivity index (χ2n) is 8.20. The van der Waals surface area contributed by atoms with Gasteiger partial charge in [-0.05, 0) is 48.7 Å². The predicted molar refractivity (Wildman–Crippen MR) is 132 cm³/mol. The van der Waals surface area contributed by atoms with Gasteiger partial charge < -0.3 is 26.3 Å². The molecular weight excluding hydrogens is 430 g/mol. The van der Waals surface area contributed by atoms with E-state index in [-0.39, 0.29) is 17.4 Å². The van der Waals surface area contributed by atoms with E-state index in [0.29, 0.717) is 23.5 Å². The number of aromatic nitrogens is 3. The molecule has 2 aromatic carbocycles. The maximum Gasteiger partial charge on any atom is 0.278 e. The number of fused-ring (bicyclic) bond motifs is 1. The number of nitrogens with one attached hydrogen (secondary N) is 3. The second-order valence-corrected chi connectivity index (χ2v) is 8.20. The highest BCUT2D eigenvalue weighted by molar-refractivity contribution is 6.06. The van der Waals surface area contributed by atoms with Crippen molar-refractivity contribution in [2.45, 2.75) is 6.42 Å².